The first-order chi connectivity index (χ1) is 15.5. The van der Waals surface area contributed by atoms with E-state index in [2.05, 4.69) is 10.3 Å². The lowest BCUT2D eigenvalue weighted by Gasteiger charge is -2.14. The van der Waals surface area contributed by atoms with E-state index in [4.69, 9.17) is 11.6 Å². The van der Waals surface area contributed by atoms with Crippen LogP contribution in [0, 0.1) is 0 Å². The van der Waals surface area contributed by atoms with Crippen LogP contribution in [0.1, 0.15) is 17.3 Å². The zero-order chi connectivity index (χ0) is 22.7. The van der Waals surface area contributed by atoms with Gasteiger partial charge in [0.25, 0.3) is 5.56 Å². The molecule has 0 aliphatic rings. The van der Waals surface area contributed by atoms with E-state index >= 15 is 0 Å². The average molecular weight is 464 g/mol. The first-order valence-electron chi connectivity index (χ1n) is 9.75. The number of ketones is 1. The van der Waals surface area contributed by atoms with Crippen molar-refractivity contribution in [3.8, 4) is 5.69 Å². The van der Waals surface area contributed by atoms with Crippen LogP contribution in [0.5, 0.6) is 0 Å². The van der Waals surface area contributed by atoms with Crippen LogP contribution in [0.25, 0.3) is 16.6 Å². The molecule has 160 valence electrons. The van der Waals surface area contributed by atoms with E-state index in [0.717, 1.165) is 11.8 Å². The molecule has 0 aliphatic carbocycles. The van der Waals surface area contributed by atoms with Gasteiger partial charge in [-0.15, -0.1) is 0 Å². The van der Waals surface area contributed by atoms with Gasteiger partial charge in [-0.25, -0.2) is 4.98 Å². The number of rotatable bonds is 6. The smallest absolute Gasteiger partial charge is 0.266 e. The number of thioether (sulfide) groups is 1. The second kappa shape index (κ2) is 9.38. The minimum absolute atomic E-state index is 0.0124. The fourth-order valence-corrected chi connectivity index (χ4v) is 4.30. The minimum Gasteiger partial charge on any atom is -0.325 e. The highest BCUT2D eigenvalue weighted by Gasteiger charge is 2.17. The highest BCUT2D eigenvalue weighted by Crippen LogP contribution is 2.26. The van der Waals surface area contributed by atoms with E-state index < -0.39 is 0 Å². The molecule has 0 spiro atoms. The number of hydrogen-bond donors (Lipinski definition) is 1. The van der Waals surface area contributed by atoms with Crippen molar-refractivity contribution in [3.63, 3.8) is 0 Å². The quantitative estimate of drug-likeness (QED) is 0.248. The summed E-state index contributed by atoms with van der Waals surface area (Å²) in [5, 5.41) is 3.96. The molecule has 0 saturated heterocycles. The van der Waals surface area contributed by atoms with Crippen LogP contribution in [-0.2, 0) is 4.79 Å². The normalized spacial score (nSPS) is 10.8. The van der Waals surface area contributed by atoms with Crippen LogP contribution >= 0.6 is 23.4 Å². The van der Waals surface area contributed by atoms with Crippen LogP contribution in [0.15, 0.2) is 82.7 Å². The highest BCUT2D eigenvalue weighted by atomic mass is 35.5. The lowest BCUT2D eigenvalue weighted by Crippen LogP contribution is -2.23. The highest BCUT2D eigenvalue weighted by molar-refractivity contribution is 7.99. The molecule has 6 nitrogen and oxygen atoms in total. The van der Waals surface area contributed by atoms with E-state index in [1.165, 1.54) is 11.5 Å². The average Bonchev–Trinajstić information content (AvgIpc) is 2.79. The van der Waals surface area contributed by atoms with Gasteiger partial charge in [-0.3, -0.25) is 19.0 Å². The lowest BCUT2D eigenvalue weighted by atomic mass is 10.1. The Bertz CT molecular complexity index is 1400. The zero-order valence-electron chi connectivity index (χ0n) is 17.0. The number of carbonyl (C=O) groups excluding carboxylic acids is 2. The van der Waals surface area contributed by atoms with Crippen LogP contribution in [0.4, 0.5) is 5.69 Å². The number of aromatic nitrogens is 2. The van der Waals surface area contributed by atoms with Crippen molar-refractivity contribution in [1.82, 2.24) is 9.55 Å². The molecule has 3 aromatic carbocycles. The number of hydrogen-bond acceptors (Lipinski definition) is 5. The first kappa shape index (κ1) is 21.8. The topological polar surface area (TPSA) is 81.1 Å². The summed E-state index contributed by atoms with van der Waals surface area (Å²) in [5.41, 5.74) is 1.63. The Morgan fingerprint density at radius 2 is 1.69 bits per heavy atom. The van der Waals surface area contributed by atoms with Crippen molar-refractivity contribution in [3.05, 3.63) is 93.7 Å². The van der Waals surface area contributed by atoms with Gasteiger partial charge >= 0.3 is 0 Å². The number of Topliss-reactive ketones (excluding diaryl/α,β-unsaturated/α-hetero) is 1. The van der Waals surface area contributed by atoms with E-state index in [1.807, 2.05) is 0 Å². The number of nitrogens with zero attached hydrogens (tertiary/aromatic N) is 2. The molecule has 0 fully saturated rings. The zero-order valence-corrected chi connectivity index (χ0v) is 18.6. The maximum Gasteiger partial charge on any atom is 0.266 e. The molecular formula is C24H18ClN3O3S. The predicted molar refractivity (Wildman–Crippen MR) is 128 cm³/mol. The van der Waals surface area contributed by atoms with Crippen LogP contribution < -0.4 is 10.9 Å². The SMILES string of the molecule is CC(=O)c1ccccc1NC(=O)CSc1nc2ccccc2c(=O)n1-c1ccccc1Cl. The summed E-state index contributed by atoms with van der Waals surface area (Å²) in [7, 11) is 0. The Balaban J connectivity index is 1.68. The molecule has 1 amide bonds. The summed E-state index contributed by atoms with van der Waals surface area (Å²) >= 11 is 7.48. The van der Waals surface area contributed by atoms with Crippen molar-refractivity contribution in [2.24, 2.45) is 0 Å². The second-order valence-corrected chi connectivity index (χ2v) is 8.29. The number of amides is 1. The molecule has 0 atom stereocenters. The molecule has 1 heterocycles. The fraction of sp³-hybridized carbons (Fsp3) is 0.0833. The van der Waals surface area contributed by atoms with Gasteiger partial charge < -0.3 is 5.32 Å². The maximum atomic E-state index is 13.3. The van der Waals surface area contributed by atoms with E-state index in [9.17, 15) is 14.4 Å². The van der Waals surface area contributed by atoms with Crippen molar-refractivity contribution in [2.75, 3.05) is 11.1 Å². The summed E-state index contributed by atoms with van der Waals surface area (Å²) in [4.78, 5) is 42.3. The Hall–Kier alpha value is -3.42. The van der Waals surface area contributed by atoms with Crippen LogP contribution in [-0.4, -0.2) is 27.0 Å². The molecule has 0 aliphatic heterocycles. The molecule has 8 heteroatoms. The predicted octanol–water partition coefficient (Wildman–Crippen LogP) is 4.97. The van der Waals surface area contributed by atoms with Gasteiger partial charge in [0.1, 0.15) is 0 Å². The van der Waals surface area contributed by atoms with Crippen molar-refractivity contribution >= 4 is 51.6 Å². The van der Waals surface area contributed by atoms with E-state index in [1.54, 1.807) is 72.8 Å². The first-order valence-corrected chi connectivity index (χ1v) is 11.1. The third kappa shape index (κ3) is 4.44. The number of halogens is 1. The van der Waals surface area contributed by atoms with Gasteiger partial charge in [-0.1, -0.05) is 59.8 Å². The Labute approximate surface area is 193 Å². The number of nitrogens with one attached hydrogen (secondary N) is 1. The molecule has 1 aromatic heterocycles. The summed E-state index contributed by atoms with van der Waals surface area (Å²) in [5.74, 6) is -0.476. The van der Waals surface area contributed by atoms with Gasteiger partial charge in [0, 0.05) is 5.56 Å². The van der Waals surface area contributed by atoms with Crippen LogP contribution in [0.2, 0.25) is 5.02 Å². The monoisotopic (exact) mass is 463 g/mol. The third-order valence-corrected chi connectivity index (χ3v) is 6.01. The Kier molecular flexibility index (Phi) is 6.39. The summed E-state index contributed by atoms with van der Waals surface area (Å²) in [6.07, 6.45) is 0. The van der Waals surface area contributed by atoms with Crippen molar-refractivity contribution < 1.29 is 9.59 Å². The van der Waals surface area contributed by atoms with E-state index in [-0.39, 0.29) is 23.0 Å². The van der Waals surface area contributed by atoms with Gasteiger partial charge in [-0.2, -0.15) is 0 Å². The fourth-order valence-electron chi connectivity index (χ4n) is 3.27. The maximum absolute atomic E-state index is 13.3. The summed E-state index contributed by atoms with van der Waals surface area (Å²) in [6, 6.07) is 20.8. The third-order valence-electron chi connectivity index (χ3n) is 4.75. The molecule has 32 heavy (non-hydrogen) atoms. The Morgan fingerprint density at radius 3 is 2.47 bits per heavy atom. The molecular weight excluding hydrogens is 446 g/mol. The molecule has 0 bridgehead atoms. The number of fused-ring (bicyclic) bond motifs is 1. The minimum atomic E-state index is -0.322. The summed E-state index contributed by atoms with van der Waals surface area (Å²) < 4.78 is 1.42. The van der Waals surface area contributed by atoms with E-state index in [0.29, 0.717) is 38.0 Å². The Morgan fingerprint density at radius 1 is 1.00 bits per heavy atom. The number of benzene rings is 3. The van der Waals surface area contributed by atoms with Gasteiger partial charge in [0.15, 0.2) is 10.9 Å². The number of para-hydroxylation sites is 3. The lowest BCUT2D eigenvalue weighted by molar-refractivity contribution is -0.113. The standard InChI is InChI=1S/C24H18ClN3O3S/c1-15(29)16-8-2-5-11-19(16)26-22(30)14-32-24-27-20-12-6-3-9-17(20)23(31)28(24)21-13-7-4-10-18(21)25/h2-13H,14H2,1H3,(H,26,30). The number of anilines is 1. The van der Waals surface area contributed by atoms with Gasteiger partial charge in [-0.05, 0) is 43.3 Å². The number of carbonyl (C=O) groups is 2. The van der Waals surface area contributed by atoms with Crippen molar-refractivity contribution in [2.45, 2.75) is 12.1 Å². The summed E-state index contributed by atoms with van der Waals surface area (Å²) in [6.45, 7) is 1.45. The molecule has 4 rings (SSSR count). The second-order valence-electron chi connectivity index (χ2n) is 6.94. The molecule has 0 saturated carbocycles. The van der Waals surface area contributed by atoms with Crippen LogP contribution in [0.3, 0.4) is 0 Å². The van der Waals surface area contributed by atoms with Crippen molar-refractivity contribution in [1.29, 1.82) is 0 Å². The van der Waals surface area contributed by atoms with Gasteiger partial charge in [0.2, 0.25) is 5.91 Å². The molecule has 0 radical (unpaired) electrons. The molecule has 1 N–H and O–H groups in total. The molecule has 0 unspecified atom stereocenters. The largest absolute Gasteiger partial charge is 0.325 e. The molecule has 4 aromatic rings. The van der Waals surface area contributed by atoms with Gasteiger partial charge in [0.05, 0.1) is 33.1 Å².